The highest BCUT2D eigenvalue weighted by Crippen LogP contribution is 2.29. The second-order valence-electron chi connectivity index (χ2n) is 3.08. The highest BCUT2D eigenvalue weighted by molar-refractivity contribution is 7.99. The number of nitriles is 2. The van der Waals surface area contributed by atoms with Gasteiger partial charge in [-0.1, -0.05) is 6.92 Å². The van der Waals surface area contributed by atoms with Crippen LogP contribution in [-0.4, -0.2) is 23.4 Å². The minimum Gasteiger partial charge on any atom is -0.450 e. The number of ether oxygens (including phenoxy) is 1. The monoisotopic (exact) mass is 264 g/mol. The summed E-state index contributed by atoms with van der Waals surface area (Å²) in [5.41, 5.74) is 0.373. The van der Waals surface area contributed by atoms with Crippen molar-refractivity contribution in [3.63, 3.8) is 0 Å². The third-order valence-corrected chi connectivity index (χ3v) is 2.86. The number of nitrogens with one attached hydrogen (secondary N) is 2. The highest BCUT2D eigenvalue weighted by Gasteiger charge is 2.19. The topological polar surface area (TPSA) is 102 Å². The van der Waals surface area contributed by atoms with Crippen molar-refractivity contribution in [3.05, 3.63) is 11.1 Å². The van der Waals surface area contributed by atoms with Gasteiger partial charge < -0.3 is 9.72 Å². The number of hydrogen-bond acceptors (Lipinski definition) is 5. The van der Waals surface area contributed by atoms with E-state index in [1.165, 1.54) is 11.8 Å². The molecule has 1 heterocycles. The Morgan fingerprint density at radius 3 is 2.56 bits per heavy atom. The molecule has 1 aromatic rings. The van der Waals surface area contributed by atoms with Gasteiger partial charge in [0, 0.05) is 0 Å². The van der Waals surface area contributed by atoms with E-state index in [9.17, 15) is 4.79 Å². The van der Waals surface area contributed by atoms with Gasteiger partial charge in [-0.2, -0.15) is 10.5 Å². The van der Waals surface area contributed by atoms with Crippen LogP contribution in [0.5, 0.6) is 0 Å². The van der Waals surface area contributed by atoms with Crippen molar-refractivity contribution >= 4 is 23.7 Å². The summed E-state index contributed by atoms with van der Waals surface area (Å²) in [5.74, 6) is 0.947. The molecule has 0 saturated heterocycles. The van der Waals surface area contributed by atoms with Gasteiger partial charge in [0.2, 0.25) is 0 Å². The Morgan fingerprint density at radius 1 is 1.39 bits per heavy atom. The maximum absolute atomic E-state index is 11.3. The van der Waals surface area contributed by atoms with E-state index in [0.29, 0.717) is 5.03 Å². The molecule has 0 aliphatic carbocycles. The first-order valence-electron chi connectivity index (χ1n) is 5.30. The van der Waals surface area contributed by atoms with Crippen LogP contribution in [0.25, 0.3) is 0 Å². The summed E-state index contributed by atoms with van der Waals surface area (Å²) >= 11 is 1.40. The number of aromatic nitrogens is 1. The summed E-state index contributed by atoms with van der Waals surface area (Å²) < 4.78 is 4.72. The Kier molecular flexibility index (Phi) is 5.09. The normalized spacial score (nSPS) is 9.33. The maximum atomic E-state index is 11.3. The molecule has 6 nitrogen and oxygen atoms in total. The lowest BCUT2D eigenvalue weighted by Crippen LogP contribution is -2.14. The average Bonchev–Trinajstić information content (AvgIpc) is 2.66. The van der Waals surface area contributed by atoms with Gasteiger partial charge >= 0.3 is 6.09 Å². The van der Waals surface area contributed by atoms with Gasteiger partial charge in [0.25, 0.3) is 0 Å². The van der Waals surface area contributed by atoms with Crippen molar-refractivity contribution in [2.75, 3.05) is 17.7 Å². The fraction of sp³-hybridized carbons (Fsp3) is 0.364. The summed E-state index contributed by atoms with van der Waals surface area (Å²) in [7, 11) is 0. The van der Waals surface area contributed by atoms with Crippen molar-refractivity contribution in [2.24, 2.45) is 0 Å². The van der Waals surface area contributed by atoms with Crippen LogP contribution < -0.4 is 5.32 Å². The number of anilines is 1. The Labute approximate surface area is 109 Å². The van der Waals surface area contributed by atoms with E-state index in [1.807, 2.05) is 19.1 Å². The molecule has 2 N–H and O–H groups in total. The van der Waals surface area contributed by atoms with E-state index in [-0.39, 0.29) is 23.6 Å². The molecular formula is C11H12N4O2S. The summed E-state index contributed by atoms with van der Waals surface area (Å²) in [6, 6.07) is 3.86. The smallest absolute Gasteiger partial charge is 0.412 e. The fourth-order valence-corrected chi connectivity index (χ4v) is 2.07. The zero-order valence-corrected chi connectivity index (χ0v) is 10.8. The fourth-order valence-electron chi connectivity index (χ4n) is 1.31. The molecule has 0 aliphatic rings. The van der Waals surface area contributed by atoms with E-state index in [4.69, 9.17) is 15.3 Å². The Balaban J connectivity index is 3.09. The Morgan fingerprint density at radius 2 is 2.06 bits per heavy atom. The zero-order chi connectivity index (χ0) is 13.5. The number of carbonyl (C=O) groups excluding carboxylic acids is 1. The number of aromatic amines is 1. The number of thioether (sulfide) groups is 1. The van der Waals surface area contributed by atoms with E-state index < -0.39 is 6.09 Å². The maximum Gasteiger partial charge on any atom is 0.412 e. The van der Waals surface area contributed by atoms with Crippen molar-refractivity contribution in [2.45, 2.75) is 18.9 Å². The first kappa shape index (κ1) is 13.9. The first-order chi connectivity index (χ1) is 8.67. The molecule has 1 aromatic heterocycles. The largest absolute Gasteiger partial charge is 0.450 e. The van der Waals surface area contributed by atoms with E-state index >= 15 is 0 Å². The molecule has 0 saturated carbocycles. The van der Waals surface area contributed by atoms with Gasteiger partial charge in [-0.25, -0.2) is 4.79 Å². The summed E-state index contributed by atoms with van der Waals surface area (Å²) in [4.78, 5) is 14.1. The van der Waals surface area contributed by atoms with Gasteiger partial charge in [0.15, 0.2) is 0 Å². The Hall–Kier alpha value is -2.12. The van der Waals surface area contributed by atoms with Crippen LogP contribution >= 0.6 is 11.8 Å². The van der Waals surface area contributed by atoms with Crippen molar-refractivity contribution in [1.82, 2.24) is 4.98 Å². The van der Waals surface area contributed by atoms with E-state index in [2.05, 4.69) is 10.3 Å². The molecule has 18 heavy (non-hydrogen) atoms. The van der Waals surface area contributed by atoms with Gasteiger partial charge in [0.05, 0.1) is 11.6 Å². The second-order valence-corrected chi connectivity index (χ2v) is 4.36. The second kappa shape index (κ2) is 6.58. The van der Waals surface area contributed by atoms with Gasteiger partial charge in [0.1, 0.15) is 29.1 Å². The molecule has 0 bridgehead atoms. The van der Waals surface area contributed by atoms with Gasteiger partial charge in [-0.15, -0.1) is 11.8 Å². The molecule has 1 amide bonds. The number of rotatable bonds is 4. The number of carbonyl (C=O) groups is 1. The van der Waals surface area contributed by atoms with E-state index in [0.717, 1.165) is 5.75 Å². The number of nitrogens with zero attached hydrogens (tertiary/aromatic N) is 2. The third kappa shape index (κ3) is 2.96. The molecule has 1 rings (SSSR count). The number of amides is 1. The molecular weight excluding hydrogens is 252 g/mol. The lowest BCUT2D eigenvalue weighted by atomic mass is 10.2. The summed E-state index contributed by atoms with van der Waals surface area (Å²) in [5, 5.41) is 21.0. The van der Waals surface area contributed by atoms with Crippen LogP contribution in [0.3, 0.4) is 0 Å². The van der Waals surface area contributed by atoms with Crippen molar-refractivity contribution in [1.29, 1.82) is 10.5 Å². The van der Waals surface area contributed by atoms with Gasteiger partial charge in [-0.3, -0.25) is 5.32 Å². The van der Waals surface area contributed by atoms with E-state index in [1.54, 1.807) is 6.92 Å². The third-order valence-electron chi connectivity index (χ3n) is 1.98. The quantitative estimate of drug-likeness (QED) is 0.813. The Bertz CT molecular complexity index is 524. The molecule has 0 fully saturated rings. The predicted octanol–water partition coefficient (Wildman–Crippen LogP) is 2.44. The molecule has 0 aliphatic heterocycles. The van der Waals surface area contributed by atoms with Crippen LogP contribution in [0, 0.1) is 22.7 Å². The SMILES string of the molecule is CCOC(=O)Nc1[nH]c(SCC)c(C#N)c1C#N. The van der Waals surface area contributed by atoms with Crippen molar-refractivity contribution in [3.8, 4) is 12.1 Å². The highest BCUT2D eigenvalue weighted by atomic mass is 32.2. The lowest BCUT2D eigenvalue weighted by Gasteiger charge is -2.02. The molecule has 0 spiro atoms. The predicted molar refractivity (Wildman–Crippen MR) is 67.3 cm³/mol. The van der Waals surface area contributed by atoms with Gasteiger partial charge in [-0.05, 0) is 12.7 Å². The molecule has 0 atom stereocenters. The van der Waals surface area contributed by atoms with Crippen LogP contribution in [0.4, 0.5) is 10.6 Å². The first-order valence-corrected chi connectivity index (χ1v) is 6.29. The minimum atomic E-state index is -0.659. The summed E-state index contributed by atoms with van der Waals surface area (Å²) in [6.07, 6.45) is -0.659. The van der Waals surface area contributed by atoms with Crippen LogP contribution in [0.1, 0.15) is 25.0 Å². The average molecular weight is 264 g/mol. The molecule has 0 unspecified atom stereocenters. The lowest BCUT2D eigenvalue weighted by molar-refractivity contribution is 0.168. The molecule has 0 aromatic carbocycles. The minimum absolute atomic E-state index is 0.126. The molecule has 0 radical (unpaired) electrons. The molecule has 94 valence electrons. The summed E-state index contributed by atoms with van der Waals surface area (Å²) in [6.45, 7) is 3.84. The van der Waals surface area contributed by atoms with Crippen molar-refractivity contribution < 1.29 is 9.53 Å². The van der Waals surface area contributed by atoms with Crippen LogP contribution in [0.2, 0.25) is 0 Å². The van der Waals surface area contributed by atoms with Crippen LogP contribution in [0.15, 0.2) is 5.03 Å². The number of H-pyrrole nitrogens is 1. The number of hydrogen-bond donors (Lipinski definition) is 2. The standard InChI is InChI=1S/C11H12N4O2S/c1-3-17-11(16)15-9-7(5-12)8(6-13)10(14-9)18-4-2/h14H,3-4H2,1-2H3,(H,15,16). The van der Waals surface area contributed by atoms with Crippen LogP contribution in [-0.2, 0) is 4.74 Å². The molecule has 7 heteroatoms. The zero-order valence-electron chi connectivity index (χ0n) is 10.0.